The number of fused-ring (bicyclic) bond motifs is 5. The topological polar surface area (TPSA) is 140 Å². The largest absolute Gasteiger partial charge is 0.490 e. The Hall–Kier alpha value is -4.58. The fourth-order valence-electron chi connectivity index (χ4n) is 6.10. The molecule has 11 nitrogen and oxygen atoms in total. The third-order valence-electron chi connectivity index (χ3n) is 8.43. The molecule has 3 heterocycles. The van der Waals surface area contributed by atoms with Crippen molar-refractivity contribution in [2.24, 2.45) is 0 Å². The van der Waals surface area contributed by atoms with E-state index in [0.29, 0.717) is 12.2 Å². The summed E-state index contributed by atoms with van der Waals surface area (Å²) in [5.74, 6) is -4.94. The summed E-state index contributed by atoms with van der Waals surface area (Å²) in [5, 5.41) is 30.0. The van der Waals surface area contributed by atoms with Crippen LogP contribution in [0.5, 0.6) is 0 Å². The number of alkyl halides is 7. The van der Waals surface area contributed by atoms with Gasteiger partial charge in [0.05, 0.1) is 5.69 Å². The molecule has 1 saturated carbocycles. The van der Waals surface area contributed by atoms with Crippen molar-refractivity contribution < 1.29 is 50.5 Å². The van der Waals surface area contributed by atoms with Crippen molar-refractivity contribution >= 4 is 22.8 Å². The molecular formula is C32H36F7N7O4. The molecule has 1 fully saturated rings. The van der Waals surface area contributed by atoms with Gasteiger partial charge in [-0.2, -0.15) is 26.3 Å². The predicted molar refractivity (Wildman–Crippen MR) is 168 cm³/mol. The molecule has 4 aromatic rings. The molecule has 0 spiro atoms. The van der Waals surface area contributed by atoms with Crippen LogP contribution in [0.15, 0.2) is 42.5 Å². The van der Waals surface area contributed by atoms with E-state index < -0.39 is 30.5 Å². The van der Waals surface area contributed by atoms with Crippen molar-refractivity contribution in [1.29, 1.82) is 0 Å². The molecular weight excluding hydrogens is 679 g/mol. The lowest BCUT2D eigenvalue weighted by molar-refractivity contribution is -0.193. The van der Waals surface area contributed by atoms with Gasteiger partial charge >= 0.3 is 24.3 Å². The lowest BCUT2D eigenvalue weighted by Crippen LogP contribution is -2.35. The number of nitrogens with one attached hydrogen (secondary N) is 1. The van der Waals surface area contributed by atoms with Gasteiger partial charge in [-0.05, 0) is 54.6 Å². The van der Waals surface area contributed by atoms with E-state index in [9.17, 15) is 26.3 Å². The summed E-state index contributed by atoms with van der Waals surface area (Å²) in [7, 11) is 4.25. The van der Waals surface area contributed by atoms with E-state index in [1.807, 2.05) is 0 Å². The molecule has 0 amide bonds. The zero-order valence-corrected chi connectivity index (χ0v) is 27.1. The first-order valence-corrected chi connectivity index (χ1v) is 15.6. The summed E-state index contributed by atoms with van der Waals surface area (Å²) >= 11 is 0. The number of benzene rings is 2. The molecule has 272 valence electrons. The summed E-state index contributed by atoms with van der Waals surface area (Å²) in [6.07, 6.45) is -7.36. The van der Waals surface area contributed by atoms with E-state index in [0.717, 1.165) is 68.5 Å². The van der Waals surface area contributed by atoms with Gasteiger partial charge in [0.15, 0.2) is 5.82 Å². The molecule has 2 aromatic carbocycles. The number of aromatic nitrogens is 5. The fraction of sp³-hybridized carbons (Fsp3) is 0.469. The fourth-order valence-corrected chi connectivity index (χ4v) is 6.10. The summed E-state index contributed by atoms with van der Waals surface area (Å²) in [6.45, 7) is 4.73. The summed E-state index contributed by atoms with van der Waals surface area (Å²) in [4.78, 5) is 22.6. The molecule has 2 aliphatic rings. The zero-order chi connectivity index (χ0) is 36.8. The van der Waals surface area contributed by atoms with Gasteiger partial charge in [0.25, 0.3) is 0 Å². The van der Waals surface area contributed by atoms with E-state index in [1.165, 1.54) is 22.4 Å². The number of carboxylic acids is 2. The van der Waals surface area contributed by atoms with E-state index in [1.54, 1.807) is 0 Å². The Labute approximate surface area is 281 Å². The highest BCUT2D eigenvalue weighted by atomic mass is 19.4. The van der Waals surface area contributed by atoms with Crippen molar-refractivity contribution in [2.45, 2.75) is 63.2 Å². The molecule has 0 radical (unpaired) electrons. The van der Waals surface area contributed by atoms with E-state index in [4.69, 9.17) is 19.8 Å². The minimum atomic E-state index is -5.08. The Balaban J connectivity index is 0.000000340. The first-order valence-electron chi connectivity index (χ1n) is 15.6. The normalized spacial score (nSPS) is 18.1. The molecule has 0 unspecified atom stereocenters. The molecule has 50 heavy (non-hydrogen) atoms. The van der Waals surface area contributed by atoms with Crippen LogP contribution in [0, 0.1) is 0 Å². The van der Waals surface area contributed by atoms with Crippen LogP contribution in [-0.4, -0.2) is 109 Å². The van der Waals surface area contributed by atoms with E-state index in [-0.39, 0.29) is 5.92 Å². The van der Waals surface area contributed by atoms with Gasteiger partial charge in [0.1, 0.15) is 6.17 Å². The van der Waals surface area contributed by atoms with Gasteiger partial charge in [-0.15, -0.1) is 5.10 Å². The maximum absolute atomic E-state index is 15.6. The Morgan fingerprint density at radius 2 is 1.60 bits per heavy atom. The Morgan fingerprint density at radius 1 is 0.960 bits per heavy atom. The second kappa shape index (κ2) is 16.0. The van der Waals surface area contributed by atoms with Crippen molar-refractivity contribution in [3.8, 4) is 22.6 Å². The molecule has 0 bridgehead atoms. The molecule has 3 N–H and O–H groups in total. The van der Waals surface area contributed by atoms with Gasteiger partial charge in [-0.3, -0.25) is 4.90 Å². The number of nitrogens with zero attached hydrogens (tertiary/aromatic N) is 6. The number of likely N-dealkylation sites (N-methyl/N-ethyl adjacent to an activating group) is 1. The molecule has 2 aromatic heterocycles. The Morgan fingerprint density at radius 3 is 2.18 bits per heavy atom. The second-order valence-electron chi connectivity index (χ2n) is 12.1. The summed E-state index contributed by atoms with van der Waals surface area (Å²) < 4.78 is 81.5. The van der Waals surface area contributed by atoms with Crippen molar-refractivity contribution in [2.75, 3.05) is 33.7 Å². The number of carboxylic acid groups (broad SMARTS) is 2. The van der Waals surface area contributed by atoms with Crippen molar-refractivity contribution in [3.63, 3.8) is 0 Å². The number of H-pyrrole nitrogens is 1. The standard InChI is InChI=1S/C28H34FN7.2C2HF3O2/c1-34(2)13-14-35-15-16-36-25-17-19(28-30-32-33-31-28)11-12-23(25)26(22-9-5-6-10-24(22)29)27(36)21-8-4-3-7-20(21)18-35;2*3-2(4,5)1(6)7/h3-4,7-8,11-12,17,22,24H,5-6,9-10,13-16,18H2,1-2H3,(H,30,31,32,33);2*(H,6,7)/t22-,24-;;/m0../s1. The van der Waals surface area contributed by atoms with Gasteiger partial charge in [-0.25, -0.2) is 19.1 Å². The second-order valence-corrected chi connectivity index (χ2v) is 12.1. The smallest absolute Gasteiger partial charge is 0.475 e. The highest BCUT2D eigenvalue weighted by molar-refractivity contribution is 5.95. The zero-order valence-electron chi connectivity index (χ0n) is 27.1. The average molecular weight is 716 g/mol. The number of aromatic amines is 1. The quantitative estimate of drug-likeness (QED) is 0.208. The number of hydrogen-bond donors (Lipinski definition) is 3. The molecule has 0 saturated heterocycles. The average Bonchev–Trinajstić information content (AvgIpc) is 3.68. The number of rotatable bonds is 5. The lowest BCUT2D eigenvalue weighted by atomic mass is 9.80. The van der Waals surface area contributed by atoms with Crippen molar-refractivity contribution in [1.82, 2.24) is 35.0 Å². The minimum Gasteiger partial charge on any atom is -0.475 e. The maximum Gasteiger partial charge on any atom is 0.490 e. The summed E-state index contributed by atoms with van der Waals surface area (Å²) in [5.41, 5.74) is 7.02. The van der Waals surface area contributed by atoms with Crippen LogP contribution in [-0.2, 0) is 22.7 Å². The van der Waals surface area contributed by atoms with E-state index in [2.05, 4.69) is 91.6 Å². The van der Waals surface area contributed by atoms with Crippen LogP contribution >= 0.6 is 0 Å². The van der Waals surface area contributed by atoms with Crippen LogP contribution in [0.1, 0.15) is 42.7 Å². The maximum atomic E-state index is 15.6. The molecule has 6 rings (SSSR count). The lowest BCUT2D eigenvalue weighted by Gasteiger charge is -2.31. The minimum absolute atomic E-state index is 0.0763. The SMILES string of the molecule is CN(C)CCN1CCn2c(c([C@H]3CCCC[C@@H]3F)c3ccc(-c4nnn[nH]4)cc32)-c2ccccc2C1.O=C(O)C(F)(F)F.O=C(O)C(F)(F)F. The summed E-state index contributed by atoms with van der Waals surface area (Å²) in [6, 6.07) is 15.1. The number of carbonyl (C=O) groups is 2. The van der Waals surface area contributed by atoms with Crippen LogP contribution in [0.2, 0.25) is 0 Å². The van der Waals surface area contributed by atoms with Crippen LogP contribution < -0.4 is 0 Å². The van der Waals surface area contributed by atoms with Crippen molar-refractivity contribution in [3.05, 3.63) is 53.6 Å². The van der Waals surface area contributed by atoms with Gasteiger partial charge < -0.3 is 19.7 Å². The third-order valence-corrected chi connectivity index (χ3v) is 8.43. The molecule has 1 aliphatic heterocycles. The molecule has 18 heteroatoms. The Bertz CT molecular complexity index is 1730. The third kappa shape index (κ3) is 9.35. The first kappa shape index (κ1) is 38.2. The van der Waals surface area contributed by atoms with Gasteiger partial charge in [-0.1, -0.05) is 49.2 Å². The highest BCUT2D eigenvalue weighted by Crippen LogP contribution is 2.47. The number of hydrogen-bond acceptors (Lipinski definition) is 7. The predicted octanol–water partition coefficient (Wildman–Crippen LogP) is 6.13. The van der Waals surface area contributed by atoms with Crippen LogP contribution in [0.25, 0.3) is 33.5 Å². The van der Waals surface area contributed by atoms with Crippen LogP contribution in [0.3, 0.4) is 0 Å². The Kier molecular flexibility index (Phi) is 12.2. The number of tetrazole rings is 1. The van der Waals surface area contributed by atoms with E-state index >= 15 is 4.39 Å². The number of aliphatic carboxylic acids is 2. The number of halogens is 7. The van der Waals surface area contributed by atoms with Gasteiger partial charge in [0, 0.05) is 60.7 Å². The van der Waals surface area contributed by atoms with Crippen LogP contribution in [0.4, 0.5) is 30.7 Å². The highest BCUT2D eigenvalue weighted by Gasteiger charge is 2.39. The molecule has 1 aliphatic carbocycles. The first-order chi connectivity index (χ1) is 23.5. The monoisotopic (exact) mass is 715 g/mol. The van der Waals surface area contributed by atoms with Gasteiger partial charge in [0.2, 0.25) is 0 Å². The molecule has 2 atom stereocenters.